The van der Waals surface area contributed by atoms with E-state index in [1.165, 1.54) is 0 Å². The number of aliphatic hydroxyl groups excluding tert-OH is 1. The minimum Gasteiger partial charge on any atom is -0.454 e. The maximum absolute atomic E-state index is 9.68. The third-order valence-corrected chi connectivity index (χ3v) is 4.76. The van der Waals surface area contributed by atoms with Gasteiger partial charge in [-0.05, 0) is 18.1 Å². The summed E-state index contributed by atoms with van der Waals surface area (Å²) in [6, 6.07) is 17.3. The van der Waals surface area contributed by atoms with E-state index in [2.05, 4.69) is 20.6 Å². The SMILES string of the molecule is CC(C)[C@@H](CO)Nc1nc(Nc2ccc3c(c2)OCO3)cc(-c2ccccc2)n1. The molecule has 0 saturated carbocycles. The van der Waals surface area contributed by atoms with Gasteiger partial charge in [0, 0.05) is 23.4 Å². The molecule has 1 aliphatic rings. The maximum atomic E-state index is 9.68. The molecule has 3 N–H and O–H groups in total. The Morgan fingerprint density at radius 2 is 1.79 bits per heavy atom. The highest BCUT2D eigenvalue weighted by Crippen LogP contribution is 2.35. The highest BCUT2D eigenvalue weighted by atomic mass is 16.7. The zero-order valence-electron chi connectivity index (χ0n) is 16.4. The van der Waals surface area contributed by atoms with Crippen LogP contribution in [0.2, 0.25) is 0 Å². The standard InChI is InChI=1S/C22H24N4O3/c1-14(2)18(12-27)25-22-24-17(15-6-4-3-5-7-15)11-21(26-22)23-16-8-9-19-20(10-16)29-13-28-19/h3-11,14,18,27H,12-13H2,1-2H3,(H2,23,24,25,26)/t18-/m1/s1. The Morgan fingerprint density at radius 3 is 2.55 bits per heavy atom. The fourth-order valence-corrected chi connectivity index (χ4v) is 3.04. The van der Waals surface area contributed by atoms with Crippen molar-refractivity contribution < 1.29 is 14.6 Å². The van der Waals surface area contributed by atoms with Crippen LogP contribution in [0.25, 0.3) is 11.3 Å². The van der Waals surface area contributed by atoms with Crippen LogP contribution in [0, 0.1) is 5.92 Å². The molecule has 1 atom stereocenters. The Bertz CT molecular complexity index is 979. The van der Waals surface area contributed by atoms with Crippen molar-refractivity contribution in [2.45, 2.75) is 19.9 Å². The maximum Gasteiger partial charge on any atom is 0.231 e. The van der Waals surface area contributed by atoms with Crippen molar-refractivity contribution in [3.8, 4) is 22.8 Å². The third kappa shape index (κ3) is 4.41. The number of anilines is 3. The quantitative estimate of drug-likeness (QED) is 0.559. The van der Waals surface area contributed by atoms with E-state index in [1.807, 2.05) is 68.4 Å². The number of hydrogen-bond acceptors (Lipinski definition) is 7. The number of ether oxygens (including phenoxy) is 2. The largest absolute Gasteiger partial charge is 0.454 e. The molecule has 7 nitrogen and oxygen atoms in total. The van der Waals surface area contributed by atoms with E-state index in [-0.39, 0.29) is 25.4 Å². The number of hydrogen-bond donors (Lipinski definition) is 3. The molecule has 150 valence electrons. The molecule has 0 spiro atoms. The van der Waals surface area contributed by atoms with E-state index in [1.54, 1.807) is 0 Å². The molecule has 7 heteroatoms. The van der Waals surface area contributed by atoms with E-state index in [9.17, 15) is 5.11 Å². The summed E-state index contributed by atoms with van der Waals surface area (Å²) < 4.78 is 10.8. The van der Waals surface area contributed by atoms with E-state index in [4.69, 9.17) is 9.47 Å². The zero-order valence-corrected chi connectivity index (χ0v) is 16.4. The number of fused-ring (bicyclic) bond motifs is 1. The first-order chi connectivity index (χ1) is 14.1. The molecule has 0 unspecified atom stereocenters. The van der Waals surface area contributed by atoms with Gasteiger partial charge in [0.15, 0.2) is 11.5 Å². The Morgan fingerprint density at radius 1 is 1.00 bits per heavy atom. The summed E-state index contributed by atoms with van der Waals surface area (Å²) in [6.45, 7) is 4.32. The summed E-state index contributed by atoms with van der Waals surface area (Å²) in [5.41, 5.74) is 2.60. The van der Waals surface area contributed by atoms with Gasteiger partial charge in [0.2, 0.25) is 12.7 Å². The normalized spacial score (nSPS) is 13.4. The number of nitrogens with zero attached hydrogens (tertiary/aromatic N) is 2. The van der Waals surface area contributed by atoms with Crippen LogP contribution in [0.4, 0.5) is 17.5 Å². The molecule has 4 rings (SSSR count). The van der Waals surface area contributed by atoms with Gasteiger partial charge in [-0.2, -0.15) is 4.98 Å². The number of rotatable bonds is 7. The van der Waals surface area contributed by atoms with Gasteiger partial charge < -0.3 is 25.2 Å². The lowest BCUT2D eigenvalue weighted by atomic mass is 10.1. The zero-order chi connectivity index (χ0) is 20.2. The highest BCUT2D eigenvalue weighted by molar-refractivity contribution is 5.68. The summed E-state index contributed by atoms with van der Waals surface area (Å²) in [4.78, 5) is 9.26. The molecule has 0 radical (unpaired) electrons. The minimum absolute atomic E-state index is 0.00150. The number of benzene rings is 2. The molecule has 1 aliphatic heterocycles. The van der Waals surface area contributed by atoms with Gasteiger partial charge in [0.25, 0.3) is 0 Å². The third-order valence-electron chi connectivity index (χ3n) is 4.76. The van der Waals surface area contributed by atoms with Crippen molar-refractivity contribution in [2.75, 3.05) is 24.0 Å². The van der Waals surface area contributed by atoms with E-state index in [0.717, 1.165) is 22.7 Å². The van der Waals surface area contributed by atoms with Gasteiger partial charge in [-0.15, -0.1) is 0 Å². The van der Waals surface area contributed by atoms with Crippen LogP contribution in [0.5, 0.6) is 11.5 Å². The molecule has 2 aromatic carbocycles. The molecule has 0 bridgehead atoms. The van der Waals surface area contributed by atoms with E-state index < -0.39 is 0 Å². The van der Waals surface area contributed by atoms with Gasteiger partial charge in [-0.3, -0.25) is 0 Å². The number of nitrogens with one attached hydrogen (secondary N) is 2. The van der Waals surface area contributed by atoms with Crippen molar-refractivity contribution >= 4 is 17.5 Å². The van der Waals surface area contributed by atoms with Crippen LogP contribution in [-0.4, -0.2) is 34.5 Å². The Balaban J connectivity index is 1.67. The Hall–Kier alpha value is -3.32. The van der Waals surface area contributed by atoms with Gasteiger partial charge in [0.05, 0.1) is 18.3 Å². The van der Waals surface area contributed by atoms with Gasteiger partial charge >= 0.3 is 0 Å². The van der Waals surface area contributed by atoms with Crippen LogP contribution < -0.4 is 20.1 Å². The smallest absolute Gasteiger partial charge is 0.231 e. The first kappa shape index (κ1) is 19.0. The summed E-state index contributed by atoms with van der Waals surface area (Å²) in [5.74, 6) is 2.76. The average Bonchev–Trinajstić information content (AvgIpc) is 3.20. The molecule has 0 aliphatic carbocycles. The summed E-state index contributed by atoms with van der Waals surface area (Å²) in [7, 11) is 0. The number of aromatic nitrogens is 2. The van der Waals surface area contributed by atoms with Crippen LogP contribution in [0.1, 0.15) is 13.8 Å². The first-order valence-corrected chi connectivity index (χ1v) is 9.61. The summed E-state index contributed by atoms with van der Waals surface area (Å²) >= 11 is 0. The average molecular weight is 392 g/mol. The minimum atomic E-state index is -0.139. The van der Waals surface area contributed by atoms with Gasteiger partial charge in [0.1, 0.15) is 5.82 Å². The Kier molecular flexibility index (Phi) is 5.48. The topological polar surface area (TPSA) is 88.5 Å². The van der Waals surface area contributed by atoms with Crippen molar-refractivity contribution in [2.24, 2.45) is 5.92 Å². The molecular weight excluding hydrogens is 368 g/mol. The second-order valence-electron chi connectivity index (χ2n) is 7.20. The molecule has 1 aromatic heterocycles. The van der Waals surface area contributed by atoms with Crippen LogP contribution in [0.3, 0.4) is 0 Å². The fraction of sp³-hybridized carbons (Fsp3) is 0.273. The lowest BCUT2D eigenvalue weighted by molar-refractivity contribution is 0.174. The van der Waals surface area contributed by atoms with Crippen molar-refractivity contribution in [3.05, 3.63) is 54.6 Å². The predicted octanol–water partition coefficient (Wildman–Crippen LogP) is 4.04. The predicted molar refractivity (Wildman–Crippen MR) is 113 cm³/mol. The van der Waals surface area contributed by atoms with E-state index >= 15 is 0 Å². The van der Waals surface area contributed by atoms with Crippen molar-refractivity contribution in [1.82, 2.24) is 9.97 Å². The number of aliphatic hydroxyl groups is 1. The molecule has 29 heavy (non-hydrogen) atoms. The van der Waals surface area contributed by atoms with Crippen LogP contribution >= 0.6 is 0 Å². The summed E-state index contributed by atoms with van der Waals surface area (Å²) in [6.07, 6.45) is 0. The molecule has 0 fully saturated rings. The molecular formula is C22H24N4O3. The molecule has 2 heterocycles. The second-order valence-corrected chi connectivity index (χ2v) is 7.20. The molecule has 0 saturated heterocycles. The second kappa shape index (κ2) is 8.36. The first-order valence-electron chi connectivity index (χ1n) is 9.61. The van der Waals surface area contributed by atoms with Gasteiger partial charge in [-0.25, -0.2) is 4.98 Å². The summed E-state index contributed by atoms with van der Waals surface area (Å²) in [5, 5.41) is 16.2. The van der Waals surface area contributed by atoms with Crippen LogP contribution in [0.15, 0.2) is 54.6 Å². The molecule has 0 amide bonds. The lowest BCUT2D eigenvalue weighted by Crippen LogP contribution is -2.30. The van der Waals surface area contributed by atoms with Crippen LogP contribution in [-0.2, 0) is 0 Å². The fourth-order valence-electron chi connectivity index (χ4n) is 3.04. The highest BCUT2D eigenvalue weighted by Gasteiger charge is 2.16. The van der Waals surface area contributed by atoms with E-state index in [0.29, 0.717) is 17.5 Å². The lowest BCUT2D eigenvalue weighted by Gasteiger charge is -2.20. The monoisotopic (exact) mass is 392 g/mol. The van der Waals surface area contributed by atoms with Crippen molar-refractivity contribution in [3.63, 3.8) is 0 Å². The Labute approximate surface area is 169 Å². The van der Waals surface area contributed by atoms with Gasteiger partial charge in [-0.1, -0.05) is 44.2 Å². The molecule has 3 aromatic rings. The van der Waals surface area contributed by atoms with Crippen molar-refractivity contribution in [1.29, 1.82) is 0 Å².